The van der Waals surface area contributed by atoms with Crippen LogP contribution < -0.4 is 15.4 Å². The Kier molecular flexibility index (Phi) is 5.53. The number of benzene rings is 1. The molecular weight excluding hydrogens is 284 g/mol. The number of hydrogen-bond acceptors (Lipinski definition) is 4. The summed E-state index contributed by atoms with van der Waals surface area (Å²) in [6.07, 6.45) is 0.850. The number of methoxy groups -OCH3 is 1. The molecule has 1 aromatic carbocycles. The summed E-state index contributed by atoms with van der Waals surface area (Å²) < 4.78 is 5.44. The fourth-order valence-electron chi connectivity index (χ4n) is 2.72. The topological polar surface area (TPSA) is 50.4 Å². The monoisotopic (exact) mass is 308 g/mol. The van der Waals surface area contributed by atoms with E-state index in [4.69, 9.17) is 4.74 Å². The quantitative estimate of drug-likeness (QED) is 0.873. The van der Waals surface area contributed by atoms with Crippen molar-refractivity contribution < 1.29 is 9.53 Å². The molecule has 21 heavy (non-hydrogen) atoms. The zero-order valence-corrected chi connectivity index (χ0v) is 14.0. The smallest absolute Gasteiger partial charge is 0.238 e. The number of carbonyl (C=O) groups excluding carboxylic acids is 1. The molecule has 1 aliphatic rings. The van der Waals surface area contributed by atoms with Gasteiger partial charge in [-0.3, -0.25) is 10.1 Å². The number of thioether (sulfide) groups is 1. The highest BCUT2D eigenvalue weighted by Gasteiger charge is 2.21. The Morgan fingerprint density at radius 3 is 2.81 bits per heavy atom. The lowest BCUT2D eigenvalue weighted by Crippen LogP contribution is -2.42. The number of carbonyl (C=O) groups is 1. The van der Waals surface area contributed by atoms with Gasteiger partial charge in [-0.25, -0.2) is 0 Å². The third kappa shape index (κ3) is 3.71. The Hall–Kier alpha value is -1.20. The van der Waals surface area contributed by atoms with E-state index in [9.17, 15) is 4.79 Å². The van der Waals surface area contributed by atoms with Crippen molar-refractivity contribution in [3.63, 3.8) is 0 Å². The highest BCUT2D eigenvalue weighted by molar-refractivity contribution is 7.99. The van der Waals surface area contributed by atoms with Crippen molar-refractivity contribution in [1.29, 1.82) is 0 Å². The van der Waals surface area contributed by atoms with E-state index in [2.05, 4.69) is 37.5 Å². The predicted octanol–water partition coefficient (Wildman–Crippen LogP) is 1.94. The molecule has 5 heteroatoms. The fraction of sp³-hybridized carbons (Fsp3) is 0.562. The van der Waals surface area contributed by atoms with Gasteiger partial charge in [0.2, 0.25) is 5.91 Å². The first-order valence-corrected chi connectivity index (χ1v) is 8.42. The summed E-state index contributed by atoms with van der Waals surface area (Å²) in [4.78, 5) is 11.9. The van der Waals surface area contributed by atoms with Gasteiger partial charge in [0.1, 0.15) is 5.75 Å². The van der Waals surface area contributed by atoms with Gasteiger partial charge in [-0.1, -0.05) is 6.07 Å². The average molecular weight is 308 g/mol. The summed E-state index contributed by atoms with van der Waals surface area (Å²) in [7, 11) is 1.71. The molecule has 1 aromatic rings. The Morgan fingerprint density at radius 2 is 2.19 bits per heavy atom. The van der Waals surface area contributed by atoms with Crippen LogP contribution in [0.15, 0.2) is 6.07 Å². The van der Waals surface area contributed by atoms with Gasteiger partial charge in [0.25, 0.3) is 0 Å². The Labute approximate surface area is 131 Å². The second kappa shape index (κ2) is 7.18. The molecule has 1 amide bonds. The number of nitrogens with one attached hydrogen (secondary N) is 2. The molecule has 0 aromatic heterocycles. The molecule has 0 saturated carbocycles. The van der Waals surface area contributed by atoms with Gasteiger partial charge in [-0.15, -0.1) is 11.8 Å². The van der Waals surface area contributed by atoms with Crippen LogP contribution in [-0.4, -0.2) is 37.2 Å². The first kappa shape index (κ1) is 16.2. The first-order chi connectivity index (χ1) is 10.0. The van der Waals surface area contributed by atoms with Crippen LogP contribution in [0.25, 0.3) is 0 Å². The van der Waals surface area contributed by atoms with Gasteiger partial charge in [0.15, 0.2) is 0 Å². The second-order valence-corrected chi connectivity index (χ2v) is 6.48. The van der Waals surface area contributed by atoms with E-state index < -0.39 is 0 Å². The van der Waals surface area contributed by atoms with E-state index in [0.717, 1.165) is 29.4 Å². The Bertz CT molecular complexity index is 525. The van der Waals surface area contributed by atoms with Gasteiger partial charge in [0.05, 0.1) is 13.2 Å². The maximum absolute atomic E-state index is 11.9. The maximum Gasteiger partial charge on any atom is 0.238 e. The summed E-state index contributed by atoms with van der Waals surface area (Å²) in [5.74, 6) is 2.81. The van der Waals surface area contributed by atoms with Gasteiger partial charge in [0, 0.05) is 18.2 Å². The minimum absolute atomic E-state index is 0.0320. The molecule has 1 fully saturated rings. The average Bonchev–Trinajstić information content (AvgIpc) is 2.99. The summed E-state index contributed by atoms with van der Waals surface area (Å²) in [6.45, 7) is 6.94. The van der Waals surface area contributed by atoms with Crippen LogP contribution in [0.4, 0.5) is 0 Å². The van der Waals surface area contributed by atoms with Crippen LogP contribution in [0, 0.1) is 20.8 Å². The van der Waals surface area contributed by atoms with Crippen molar-refractivity contribution in [3.8, 4) is 5.75 Å². The second-order valence-electron chi connectivity index (χ2n) is 5.45. The van der Waals surface area contributed by atoms with Gasteiger partial charge in [-0.2, -0.15) is 0 Å². The van der Waals surface area contributed by atoms with Crippen LogP contribution in [-0.2, 0) is 11.2 Å². The van der Waals surface area contributed by atoms with Crippen LogP contribution in [0.1, 0.15) is 22.3 Å². The standard InChI is InChI=1S/C16H24N2O2S/c1-10-7-13(11(2)12(3)15(10)20-4)5-6-17-16(19)14-8-21-9-18-14/h7,14,18H,5-6,8-9H2,1-4H3,(H,17,19). The number of amides is 1. The lowest BCUT2D eigenvalue weighted by molar-refractivity contribution is -0.122. The van der Waals surface area contributed by atoms with Gasteiger partial charge >= 0.3 is 0 Å². The normalized spacial score (nSPS) is 17.8. The number of aryl methyl sites for hydroxylation is 1. The van der Waals surface area contributed by atoms with Crippen LogP contribution in [0.3, 0.4) is 0 Å². The number of rotatable bonds is 5. The summed E-state index contributed by atoms with van der Waals surface area (Å²) >= 11 is 1.76. The molecule has 2 N–H and O–H groups in total. The molecule has 0 radical (unpaired) electrons. The molecule has 2 rings (SSSR count). The van der Waals surface area contributed by atoms with Gasteiger partial charge in [-0.05, 0) is 49.4 Å². The highest BCUT2D eigenvalue weighted by Crippen LogP contribution is 2.28. The van der Waals surface area contributed by atoms with E-state index in [-0.39, 0.29) is 11.9 Å². The zero-order chi connectivity index (χ0) is 15.4. The summed E-state index contributed by atoms with van der Waals surface area (Å²) in [6, 6.07) is 2.13. The molecule has 1 aliphatic heterocycles. The SMILES string of the molecule is COc1c(C)cc(CCNC(=O)C2CSCN2)c(C)c1C. The minimum atomic E-state index is -0.0320. The van der Waals surface area contributed by atoms with E-state index in [1.807, 2.05) is 0 Å². The lowest BCUT2D eigenvalue weighted by Gasteiger charge is -2.16. The summed E-state index contributed by atoms with van der Waals surface area (Å²) in [5.41, 5.74) is 4.87. The molecule has 1 heterocycles. The minimum Gasteiger partial charge on any atom is -0.496 e. The van der Waals surface area contributed by atoms with Crippen molar-refractivity contribution >= 4 is 17.7 Å². The fourth-order valence-corrected chi connectivity index (χ4v) is 3.66. The molecule has 1 unspecified atom stereocenters. The first-order valence-electron chi connectivity index (χ1n) is 7.27. The molecule has 4 nitrogen and oxygen atoms in total. The van der Waals surface area contributed by atoms with Crippen LogP contribution >= 0.6 is 11.8 Å². The third-order valence-corrected chi connectivity index (χ3v) is 5.00. The van der Waals surface area contributed by atoms with Crippen molar-refractivity contribution in [2.45, 2.75) is 33.2 Å². The molecule has 1 saturated heterocycles. The van der Waals surface area contributed by atoms with Crippen molar-refractivity contribution in [3.05, 3.63) is 28.3 Å². The highest BCUT2D eigenvalue weighted by atomic mass is 32.2. The Morgan fingerprint density at radius 1 is 1.43 bits per heavy atom. The molecule has 1 atom stereocenters. The molecule has 0 bridgehead atoms. The van der Waals surface area contributed by atoms with E-state index in [1.165, 1.54) is 16.7 Å². The maximum atomic E-state index is 11.9. The lowest BCUT2D eigenvalue weighted by atomic mass is 9.96. The number of ether oxygens (including phenoxy) is 1. The van der Waals surface area contributed by atoms with E-state index >= 15 is 0 Å². The number of hydrogen-bond donors (Lipinski definition) is 2. The third-order valence-electron chi connectivity index (χ3n) is 4.06. The molecule has 0 spiro atoms. The summed E-state index contributed by atoms with van der Waals surface area (Å²) in [5, 5.41) is 6.21. The molecule has 0 aliphatic carbocycles. The predicted molar refractivity (Wildman–Crippen MR) is 88.2 cm³/mol. The van der Waals surface area contributed by atoms with Crippen molar-refractivity contribution in [2.24, 2.45) is 0 Å². The zero-order valence-electron chi connectivity index (χ0n) is 13.2. The van der Waals surface area contributed by atoms with Crippen LogP contribution in [0.5, 0.6) is 5.75 Å². The molecular formula is C16H24N2O2S. The Balaban J connectivity index is 1.95. The van der Waals surface area contributed by atoms with Gasteiger partial charge < -0.3 is 10.1 Å². The van der Waals surface area contributed by atoms with E-state index in [1.54, 1.807) is 18.9 Å². The van der Waals surface area contributed by atoms with Crippen molar-refractivity contribution in [1.82, 2.24) is 10.6 Å². The largest absolute Gasteiger partial charge is 0.496 e. The van der Waals surface area contributed by atoms with E-state index in [0.29, 0.717) is 6.54 Å². The van der Waals surface area contributed by atoms with Crippen LogP contribution in [0.2, 0.25) is 0 Å². The molecule has 116 valence electrons. The van der Waals surface area contributed by atoms with Crippen molar-refractivity contribution in [2.75, 3.05) is 25.3 Å².